The Morgan fingerprint density at radius 2 is 1.92 bits per heavy atom. The van der Waals surface area contributed by atoms with Gasteiger partial charge in [-0.1, -0.05) is 11.6 Å². The van der Waals surface area contributed by atoms with Gasteiger partial charge in [-0.25, -0.2) is 0 Å². The summed E-state index contributed by atoms with van der Waals surface area (Å²) in [5.74, 6) is -0.352. The van der Waals surface area contributed by atoms with Gasteiger partial charge in [-0.15, -0.1) is 25.8 Å². The molecule has 72 valence electrons. The SMILES string of the molecule is FC(F)(F)Oc1ccc(S)c(Cl)c1. The smallest absolute Gasteiger partial charge is 0.406 e. The maximum atomic E-state index is 11.7. The summed E-state index contributed by atoms with van der Waals surface area (Å²) in [6, 6.07) is 3.52. The average Bonchev–Trinajstić information content (AvgIpc) is 1.94. The first-order chi connectivity index (χ1) is 5.88. The number of halogens is 4. The summed E-state index contributed by atoms with van der Waals surface area (Å²) in [6.45, 7) is 0. The minimum absolute atomic E-state index is 0.116. The first-order valence-electron chi connectivity index (χ1n) is 3.13. The Balaban J connectivity index is 2.86. The lowest BCUT2D eigenvalue weighted by atomic mass is 10.3. The predicted octanol–water partition coefficient (Wildman–Crippen LogP) is 3.53. The second-order valence-corrected chi connectivity index (χ2v) is 3.05. The Hall–Kier alpha value is -0.550. The van der Waals surface area contributed by atoms with Crippen LogP contribution in [0.2, 0.25) is 5.02 Å². The van der Waals surface area contributed by atoms with Crippen molar-refractivity contribution in [2.24, 2.45) is 0 Å². The van der Waals surface area contributed by atoms with E-state index in [1.807, 2.05) is 0 Å². The molecule has 1 aromatic carbocycles. The van der Waals surface area contributed by atoms with Crippen LogP contribution in [-0.2, 0) is 0 Å². The summed E-state index contributed by atoms with van der Waals surface area (Å²) in [5.41, 5.74) is 0. The summed E-state index contributed by atoms with van der Waals surface area (Å²) < 4.78 is 38.7. The molecule has 0 saturated carbocycles. The van der Waals surface area contributed by atoms with Crippen LogP contribution in [0.4, 0.5) is 13.2 Å². The van der Waals surface area contributed by atoms with Crippen LogP contribution in [0, 0.1) is 0 Å². The molecular formula is C7H4ClF3OS. The van der Waals surface area contributed by atoms with E-state index in [0.29, 0.717) is 4.90 Å². The first-order valence-corrected chi connectivity index (χ1v) is 3.95. The Morgan fingerprint density at radius 1 is 1.31 bits per heavy atom. The number of rotatable bonds is 1. The van der Waals surface area contributed by atoms with Gasteiger partial charge in [0.1, 0.15) is 5.75 Å². The molecule has 1 nitrogen and oxygen atoms in total. The topological polar surface area (TPSA) is 9.23 Å². The highest BCUT2D eigenvalue weighted by Crippen LogP contribution is 2.28. The van der Waals surface area contributed by atoms with Gasteiger partial charge in [-0.05, 0) is 12.1 Å². The van der Waals surface area contributed by atoms with Crippen LogP contribution in [0.3, 0.4) is 0 Å². The van der Waals surface area contributed by atoms with Crippen LogP contribution >= 0.6 is 24.2 Å². The van der Waals surface area contributed by atoms with Gasteiger partial charge in [-0.3, -0.25) is 0 Å². The van der Waals surface area contributed by atoms with Gasteiger partial charge in [-0.2, -0.15) is 0 Å². The minimum Gasteiger partial charge on any atom is -0.406 e. The molecule has 0 N–H and O–H groups in total. The molecule has 0 aliphatic heterocycles. The Kier molecular flexibility index (Phi) is 2.98. The fraction of sp³-hybridized carbons (Fsp3) is 0.143. The van der Waals surface area contributed by atoms with E-state index in [0.717, 1.165) is 12.1 Å². The molecule has 6 heteroatoms. The standard InChI is InChI=1S/C7H4ClF3OS/c8-5-3-4(1-2-6(5)13)12-7(9,10)11/h1-3,13H. The first kappa shape index (κ1) is 10.5. The molecule has 0 amide bonds. The van der Waals surface area contributed by atoms with Gasteiger partial charge in [0.05, 0.1) is 5.02 Å². The lowest BCUT2D eigenvalue weighted by Crippen LogP contribution is -2.17. The second-order valence-electron chi connectivity index (χ2n) is 2.16. The van der Waals surface area contributed by atoms with Crippen molar-refractivity contribution >= 4 is 24.2 Å². The summed E-state index contributed by atoms with van der Waals surface area (Å²) in [5, 5.41) is 0.116. The largest absolute Gasteiger partial charge is 0.573 e. The molecule has 1 rings (SSSR count). The number of benzene rings is 1. The molecule has 1 aromatic rings. The van der Waals surface area contributed by atoms with Crippen molar-refractivity contribution in [2.45, 2.75) is 11.3 Å². The second kappa shape index (κ2) is 3.67. The number of hydrogen-bond acceptors (Lipinski definition) is 2. The molecular weight excluding hydrogens is 225 g/mol. The van der Waals surface area contributed by atoms with Crippen LogP contribution in [0.5, 0.6) is 5.75 Å². The molecule has 0 aromatic heterocycles. The molecule has 13 heavy (non-hydrogen) atoms. The highest BCUT2D eigenvalue weighted by molar-refractivity contribution is 7.80. The van der Waals surface area contributed by atoms with Gasteiger partial charge >= 0.3 is 6.36 Å². The third-order valence-electron chi connectivity index (χ3n) is 1.15. The van der Waals surface area contributed by atoms with Crippen molar-refractivity contribution < 1.29 is 17.9 Å². The maximum absolute atomic E-state index is 11.7. The number of thiol groups is 1. The van der Waals surface area contributed by atoms with E-state index >= 15 is 0 Å². The van der Waals surface area contributed by atoms with Crippen molar-refractivity contribution in [1.82, 2.24) is 0 Å². The predicted molar refractivity (Wildman–Crippen MR) is 45.4 cm³/mol. The highest BCUT2D eigenvalue weighted by atomic mass is 35.5. The van der Waals surface area contributed by atoms with Crippen molar-refractivity contribution in [2.75, 3.05) is 0 Å². The molecule has 0 fully saturated rings. The lowest BCUT2D eigenvalue weighted by molar-refractivity contribution is -0.274. The molecule has 0 unspecified atom stereocenters. The maximum Gasteiger partial charge on any atom is 0.573 e. The van der Waals surface area contributed by atoms with Gasteiger partial charge < -0.3 is 4.74 Å². The van der Waals surface area contributed by atoms with Gasteiger partial charge in [0.15, 0.2) is 0 Å². The summed E-state index contributed by atoms with van der Waals surface area (Å²) in [6.07, 6.45) is -4.69. The van der Waals surface area contributed by atoms with E-state index in [9.17, 15) is 13.2 Å². The van der Waals surface area contributed by atoms with Crippen LogP contribution in [0.1, 0.15) is 0 Å². The molecule has 0 aliphatic carbocycles. The number of hydrogen-bond donors (Lipinski definition) is 1. The third kappa shape index (κ3) is 3.36. The van der Waals surface area contributed by atoms with E-state index in [4.69, 9.17) is 11.6 Å². The van der Waals surface area contributed by atoms with E-state index in [1.165, 1.54) is 6.07 Å². The fourth-order valence-electron chi connectivity index (χ4n) is 0.685. The zero-order valence-electron chi connectivity index (χ0n) is 6.10. The minimum atomic E-state index is -4.69. The molecule has 0 atom stereocenters. The lowest BCUT2D eigenvalue weighted by Gasteiger charge is -2.08. The van der Waals surface area contributed by atoms with Gasteiger partial charge in [0.2, 0.25) is 0 Å². The van der Waals surface area contributed by atoms with Crippen LogP contribution in [-0.4, -0.2) is 6.36 Å². The molecule has 0 radical (unpaired) electrons. The molecule has 0 saturated heterocycles. The van der Waals surface area contributed by atoms with Gasteiger partial charge in [0, 0.05) is 11.0 Å². The Labute approximate surface area is 82.9 Å². The summed E-state index contributed by atoms with van der Waals surface area (Å²) in [7, 11) is 0. The zero-order chi connectivity index (χ0) is 10.1. The third-order valence-corrected chi connectivity index (χ3v) is 1.99. The van der Waals surface area contributed by atoms with E-state index in [2.05, 4.69) is 17.4 Å². The van der Waals surface area contributed by atoms with E-state index < -0.39 is 6.36 Å². The molecule has 0 bridgehead atoms. The van der Waals surface area contributed by atoms with Crippen molar-refractivity contribution in [3.8, 4) is 5.75 Å². The Bertz CT molecular complexity index is 313. The monoisotopic (exact) mass is 228 g/mol. The van der Waals surface area contributed by atoms with Crippen LogP contribution in [0.15, 0.2) is 23.1 Å². The zero-order valence-corrected chi connectivity index (χ0v) is 7.75. The molecule has 0 heterocycles. The summed E-state index contributed by atoms with van der Waals surface area (Å²) in [4.78, 5) is 0.399. The van der Waals surface area contributed by atoms with Crippen molar-refractivity contribution in [3.05, 3.63) is 23.2 Å². The van der Waals surface area contributed by atoms with E-state index in [-0.39, 0.29) is 10.8 Å². The Morgan fingerprint density at radius 3 is 2.38 bits per heavy atom. The summed E-state index contributed by atoms with van der Waals surface area (Å²) >= 11 is 9.41. The fourth-order valence-corrected chi connectivity index (χ4v) is 0.994. The quantitative estimate of drug-likeness (QED) is 0.724. The van der Waals surface area contributed by atoms with Crippen molar-refractivity contribution in [3.63, 3.8) is 0 Å². The van der Waals surface area contributed by atoms with Crippen molar-refractivity contribution in [1.29, 1.82) is 0 Å². The van der Waals surface area contributed by atoms with Crippen LogP contribution < -0.4 is 4.74 Å². The molecule has 0 spiro atoms. The van der Waals surface area contributed by atoms with E-state index in [1.54, 1.807) is 0 Å². The normalized spacial score (nSPS) is 11.5. The highest BCUT2D eigenvalue weighted by Gasteiger charge is 2.31. The average molecular weight is 229 g/mol. The van der Waals surface area contributed by atoms with Crippen LogP contribution in [0.25, 0.3) is 0 Å². The number of ether oxygens (including phenoxy) is 1. The number of alkyl halides is 3. The van der Waals surface area contributed by atoms with Gasteiger partial charge in [0.25, 0.3) is 0 Å². The molecule has 0 aliphatic rings.